The summed E-state index contributed by atoms with van der Waals surface area (Å²) in [4.78, 5) is 22.2. The molecule has 0 aliphatic heterocycles. The van der Waals surface area contributed by atoms with Gasteiger partial charge in [-0.15, -0.1) is 0 Å². The van der Waals surface area contributed by atoms with Crippen LogP contribution in [-0.4, -0.2) is 49.6 Å². The topological polar surface area (TPSA) is 75.4 Å². The maximum atomic E-state index is 11.8. The Bertz CT molecular complexity index is 242. The molecule has 2 amide bonds. The van der Waals surface area contributed by atoms with Crippen LogP contribution in [0.1, 0.15) is 0 Å². The molecule has 0 saturated heterocycles. The van der Waals surface area contributed by atoms with Crippen molar-refractivity contribution >= 4 is 11.8 Å². The summed E-state index contributed by atoms with van der Waals surface area (Å²) in [6.07, 6.45) is -4.52. The van der Waals surface area contributed by atoms with Crippen molar-refractivity contribution in [2.75, 3.05) is 26.7 Å². The Morgan fingerprint density at radius 1 is 1.40 bits per heavy atom. The van der Waals surface area contributed by atoms with Gasteiger partial charge in [0.15, 0.2) is 0 Å². The molecule has 0 unspecified atom stereocenters. The van der Waals surface area contributed by atoms with Gasteiger partial charge in [0.05, 0.1) is 0 Å². The van der Waals surface area contributed by atoms with Gasteiger partial charge in [-0.2, -0.15) is 13.2 Å². The summed E-state index contributed by atoms with van der Waals surface area (Å²) < 4.78 is 35.5. The third kappa shape index (κ3) is 5.89. The Labute approximate surface area is 84.4 Å². The van der Waals surface area contributed by atoms with Gasteiger partial charge in [0.25, 0.3) is 0 Å². The van der Waals surface area contributed by atoms with Crippen molar-refractivity contribution in [2.45, 2.75) is 6.18 Å². The zero-order chi connectivity index (χ0) is 12.1. The monoisotopic (exact) mass is 227 g/mol. The Morgan fingerprint density at radius 2 is 1.93 bits per heavy atom. The van der Waals surface area contributed by atoms with Crippen LogP contribution < -0.4 is 11.1 Å². The summed E-state index contributed by atoms with van der Waals surface area (Å²) in [5.74, 6) is -2.33. The molecule has 5 nitrogen and oxygen atoms in total. The number of rotatable bonds is 3. The van der Waals surface area contributed by atoms with E-state index in [1.807, 2.05) is 0 Å². The van der Waals surface area contributed by atoms with Crippen LogP contribution in [0.15, 0.2) is 0 Å². The fourth-order valence-corrected chi connectivity index (χ4v) is 0.775. The molecule has 0 rings (SSSR count). The van der Waals surface area contributed by atoms with E-state index in [4.69, 9.17) is 5.73 Å². The number of nitrogens with one attached hydrogen (secondary N) is 1. The van der Waals surface area contributed by atoms with Gasteiger partial charge >= 0.3 is 18.0 Å². The molecule has 0 aromatic carbocycles. The van der Waals surface area contributed by atoms with Crippen molar-refractivity contribution in [3.05, 3.63) is 0 Å². The smallest absolute Gasteiger partial charge is 0.347 e. The molecule has 0 aliphatic carbocycles. The van der Waals surface area contributed by atoms with Gasteiger partial charge in [-0.25, -0.2) is 0 Å². The van der Waals surface area contributed by atoms with E-state index in [0.717, 1.165) is 7.05 Å². The summed E-state index contributed by atoms with van der Waals surface area (Å²) in [6, 6.07) is 0. The predicted molar refractivity (Wildman–Crippen MR) is 45.8 cm³/mol. The van der Waals surface area contributed by atoms with E-state index in [1.165, 1.54) is 0 Å². The van der Waals surface area contributed by atoms with Crippen molar-refractivity contribution in [3.63, 3.8) is 0 Å². The number of nitrogens with zero attached hydrogens (tertiary/aromatic N) is 1. The lowest BCUT2D eigenvalue weighted by Gasteiger charge is -2.18. The highest BCUT2D eigenvalue weighted by atomic mass is 19.4. The molecule has 0 fully saturated rings. The van der Waals surface area contributed by atoms with Gasteiger partial charge in [-0.1, -0.05) is 0 Å². The maximum absolute atomic E-state index is 11.8. The molecule has 0 aromatic heterocycles. The number of amides is 2. The van der Waals surface area contributed by atoms with Gasteiger partial charge < -0.3 is 16.0 Å². The molecule has 0 spiro atoms. The number of likely N-dealkylation sites (N-methyl/N-ethyl adjacent to an activating group) is 1. The molecular weight excluding hydrogens is 215 g/mol. The number of hydrogen-bond donors (Lipinski definition) is 2. The van der Waals surface area contributed by atoms with Gasteiger partial charge in [-0.05, 0) is 0 Å². The van der Waals surface area contributed by atoms with E-state index in [-0.39, 0.29) is 13.1 Å². The van der Waals surface area contributed by atoms with Crippen molar-refractivity contribution < 1.29 is 22.8 Å². The number of nitrogens with two attached hydrogens (primary N) is 1. The molecule has 0 atom stereocenters. The molecular formula is C7H12F3N3O2. The normalized spacial score (nSPS) is 11.0. The second-order valence-corrected chi connectivity index (χ2v) is 2.82. The van der Waals surface area contributed by atoms with Crippen LogP contribution in [0.5, 0.6) is 0 Å². The quantitative estimate of drug-likeness (QED) is 0.612. The first-order valence-corrected chi connectivity index (χ1v) is 4.08. The molecule has 0 aliphatic rings. The molecule has 8 heteroatoms. The fraction of sp³-hybridized carbons (Fsp3) is 0.714. The highest BCUT2D eigenvalue weighted by Gasteiger charge is 2.32. The first kappa shape index (κ1) is 13.7. The van der Waals surface area contributed by atoms with Gasteiger partial charge in [0.2, 0.25) is 0 Å². The predicted octanol–water partition coefficient (Wildman–Crippen LogP) is -0.918. The van der Waals surface area contributed by atoms with Crippen molar-refractivity contribution in [2.24, 2.45) is 5.73 Å². The van der Waals surface area contributed by atoms with Gasteiger partial charge in [0.1, 0.15) is 6.54 Å². The third-order valence-corrected chi connectivity index (χ3v) is 1.39. The lowest BCUT2D eigenvalue weighted by atomic mass is 10.4. The largest absolute Gasteiger partial charge is 0.406 e. The van der Waals surface area contributed by atoms with E-state index in [0.29, 0.717) is 4.90 Å². The summed E-state index contributed by atoms with van der Waals surface area (Å²) in [5.41, 5.74) is 5.04. The minimum Gasteiger partial charge on any atom is -0.347 e. The SMILES string of the molecule is CN(CC(F)(F)F)C(=O)C(=O)NCCN. The summed E-state index contributed by atoms with van der Waals surface area (Å²) in [7, 11) is 0.901. The second kappa shape index (κ2) is 5.54. The van der Waals surface area contributed by atoms with Gasteiger partial charge in [0, 0.05) is 20.1 Å². The molecule has 0 radical (unpaired) electrons. The number of carbonyl (C=O) groups excluding carboxylic acids is 2. The highest BCUT2D eigenvalue weighted by molar-refractivity contribution is 6.34. The van der Waals surface area contributed by atoms with Crippen molar-refractivity contribution in [1.29, 1.82) is 0 Å². The molecule has 88 valence electrons. The van der Waals surface area contributed by atoms with Crippen molar-refractivity contribution in [3.8, 4) is 0 Å². The summed E-state index contributed by atoms with van der Waals surface area (Å²) in [5, 5.41) is 2.08. The second-order valence-electron chi connectivity index (χ2n) is 2.82. The number of hydrogen-bond acceptors (Lipinski definition) is 3. The molecule has 0 heterocycles. The van der Waals surface area contributed by atoms with Crippen LogP contribution in [0.25, 0.3) is 0 Å². The number of halogens is 3. The molecule has 3 N–H and O–H groups in total. The summed E-state index contributed by atoms with van der Waals surface area (Å²) >= 11 is 0. The number of carbonyl (C=O) groups is 2. The number of alkyl halides is 3. The standard InChI is InChI=1S/C7H12F3N3O2/c1-13(4-7(8,9)10)6(15)5(14)12-3-2-11/h2-4,11H2,1H3,(H,12,14). The first-order valence-electron chi connectivity index (χ1n) is 4.08. The minimum absolute atomic E-state index is 0.0461. The molecule has 0 aromatic rings. The van der Waals surface area contributed by atoms with E-state index in [9.17, 15) is 22.8 Å². The first-order chi connectivity index (χ1) is 6.78. The molecule has 15 heavy (non-hydrogen) atoms. The molecule has 0 bridgehead atoms. The Balaban J connectivity index is 4.14. The maximum Gasteiger partial charge on any atom is 0.406 e. The van der Waals surface area contributed by atoms with E-state index in [2.05, 4.69) is 5.32 Å². The van der Waals surface area contributed by atoms with Crippen LogP contribution in [0, 0.1) is 0 Å². The summed E-state index contributed by atoms with van der Waals surface area (Å²) in [6.45, 7) is -1.30. The van der Waals surface area contributed by atoms with Crippen molar-refractivity contribution in [1.82, 2.24) is 10.2 Å². The Morgan fingerprint density at radius 3 is 2.33 bits per heavy atom. The zero-order valence-corrected chi connectivity index (χ0v) is 8.10. The lowest BCUT2D eigenvalue weighted by Crippen LogP contribution is -2.45. The van der Waals surface area contributed by atoms with Crippen LogP contribution in [0.2, 0.25) is 0 Å². The van der Waals surface area contributed by atoms with E-state index in [1.54, 1.807) is 0 Å². The average molecular weight is 227 g/mol. The lowest BCUT2D eigenvalue weighted by molar-refractivity contribution is -0.162. The fourth-order valence-electron chi connectivity index (χ4n) is 0.775. The van der Waals surface area contributed by atoms with Gasteiger partial charge in [-0.3, -0.25) is 9.59 Å². The van der Waals surface area contributed by atoms with E-state index < -0.39 is 24.5 Å². The van der Waals surface area contributed by atoms with Crippen LogP contribution in [0.4, 0.5) is 13.2 Å². The van der Waals surface area contributed by atoms with Crippen LogP contribution in [-0.2, 0) is 9.59 Å². The van der Waals surface area contributed by atoms with E-state index >= 15 is 0 Å². The minimum atomic E-state index is -4.52. The molecule has 0 saturated carbocycles. The zero-order valence-electron chi connectivity index (χ0n) is 8.10. The van der Waals surface area contributed by atoms with Crippen LogP contribution >= 0.6 is 0 Å². The third-order valence-electron chi connectivity index (χ3n) is 1.39. The average Bonchev–Trinajstić information content (AvgIpc) is 2.10. The Hall–Kier alpha value is -1.31. The highest BCUT2D eigenvalue weighted by Crippen LogP contribution is 2.15. The van der Waals surface area contributed by atoms with Crippen LogP contribution in [0.3, 0.4) is 0 Å². The Kier molecular flexibility index (Phi) is 5.06.